The summed E-state index contributed by atoms with van der Waals surface area (Å²) in [5.74, 6) is -0.455. The van der Waals surface area contributed by atoms with Gasteiger partial charge in [0.15, 0.2) is 0 Å². The first-order valence-electron chi connectivity index (χ1n) is 8.82. The molecule has 0 aliphatic heterocycles. The summed E-state index contributed by atoms with van der Waals surface area (Å²) in [6, 6.07) is 0. The van der Waals surface area contributed by atoms with Crippen LogP contribution in [0.3, 0.4) is 0 Å². The van der Waals surface area contributed by atoms with Crippen molar-refractivity contribution < 1.29 is 18.0 Å². The maximum absolute atomic E-state index is 12.5. The molecule has 1 amide bonds. The van der Waals surface area contributed by atoms with Gasteiger partial charge in [-0.05, 0) is 18.8 Å². The van der Waals surface area contributed by atoms with Crippen molar-refractivity contribution in [3.8, 4) is 0 Å². The third-order valence-corrected chi connectivity index (χ3v) is 4.50. The maximum atomic E-state index is 12.5. The average molecular weight is 338 g/mol. The molecule has 3 N–H and O–H groups in total. The first-order chi connectivity index (χ1) is 10.7. The van der Waals surface area contributed by atoms with E-state index in [9.17, 15) is 18.0 Å². The molecule has 0 aliphatic carbocycles. The highest BCUT2D eigenvalue weighted by Gasteiger charge is 2.40. The summed E-state index contributed by atoms with van der Waals surface area (Å²) >= 11 is 0. The van der Waals surface area contributed by atoms with Gasteiger partial charge in [-0.15, -0.1) is 0 Å². The van der Waals surface area contributed by atoms with E-state index < -0.39 is 24.2 Å². The molecule has 0 saturated heterocycles. The van der Waals surface area contributed by atoms with Gasteiger partial charge in [-0.25, -0.2) is 0 Å². The van der Waals surface area contributed by atoms with Crippen LogP contribution >= 0.6 is 0 Å². The lowest BCUT2D eigenvalue weighted by Gasteiger charge is -2.35. The van der Waals surface area contributed by atoms with E-state index in [1.54, 1.807) is 6.92 Å². The van der Waals surface area contributed by atoms with Crippen LogP contribution in [0.1, 0.15) is 78.6 Å². The monoisotopic (exact) mass is 338 g/mol. The zero-order chi connectivity index (χ0) is 17.9. The molecule has 0 aliphatic rings. The van der Waals surface area contributed by atoms with Crippen molar-refractivity contribution in [3.05, 3.63) is 0 Å². The summed E-state index contributed by atoms with van der Waals surface area (Å²) in [7, 11) is 0. The van der Waals surface area contributed by atoms with E-state index in [1.165, 1.54) is 6.42 Å². The number of carbonyl (C=O) groups is 1. The fourth-order valence-corrected chi connectivity index (χ4v) is 3.08. The quantitative estimate of drug-likeness (QED) is 0.484. The lowest BCUT2D eigenvalue weighted by atomic mass is 9.80. The van der Waals surface area contributed by atoms with Crippen LogP contribution in [0, 0.1) is 5.92 Å². The van der Waals surface area contributed by atoms with Crippen molar-refractivity contribution in [1.29, 1.82) is 0 Å². The number of hydrogen-bond acceptors (Lipinski definition) is 2. The first kappa shape index (κ1) is 22.2. The molecule has 2 atom stereocenters. The Bertz CT molecular complexity index is 334. The summed E-state index contributed by atoms with van der Waals surface area (Å²) < 4.78 is 37.6. The number of alkyl halides is 3. The minimum absolute atomic E-state index is 0.227. The molecule has 3 nitrogen and oxygen atoms in total. The Morgan fingerprint density at radius 3 is 2.13 bits per heavy atom. The molecule has 6 heteroatoms. The van der Waals surface area contributed by atoms with Crippen molar-refractivity contribution in [2.24, 2.45) is 11.7 Å². The molecule has 0 heterocycles. The van der Waals surface area contributed by atoms with Gasteiger partial charge in [-0.3, -0.25) is 10.1 Å². The van der Waals surface area contributed by atoms with Crippen molar-refractivity contribution >= 4 is 5.91 Å². The second-order valence-electron chi connectivity index (χ2n) is 6.48. The van der Waals surface area contributed by atoms with E-state index in [4.69, 9.17) is 5.73 Å². The number of halogens is 3. The highest BCUT2D eigenvalue weighted by Crippen LogP contribution is 2.29. The Hall–Kier alpha value is -0.780. The van der Waals surface area contributed by atoms with Gasteiger partial charge in [0.25, 0.3) is 0 Å². The van der Waals surface area contributed by atoms with Crippen LogP contribution in [0.5, 0.6) is 0 Å². The number of unbranched alkanes of at least 4 members (excludes halogenated alkanes) is 3. The Kier molecular flexibility index (Phi) is 10.5. The SMILES string of the molecule is CCCCCCC(CCC)CC(CC)(NCC(F)(F)F)C(N)=O. The van der Waals surface area contributed by atoms with Crippen LogP contribution in [0.4, 0.5) is 13.2 Å². The van der Waals surface area contributed by atoms with Gasteiger partial charge in [0.1, 0.15) is 0 Å². The number of primary amides is 1. The highest BCUT2D eigenvalue weighted by atomic mass is 19.4. The van der Waals surface area contributed by atoms with Gasteiger partial charge >= 0.3 is 6.18 Å². The van der Waals surface area contributed by atoms with Gasteiger partial charge in [0.05, 0.1) is 12.1 Å². The Morgan fingerprint density at radius 2 is 1.70 bits per heavy atom. The molecule has 0 aromatic carbocycles. The molecule has 0 bridgehead atoms. The summed E-state index contributed by atoms with van der Waals surface area (Å²) in [5.41, 5.74) is 4.20. The molecular weight excluding hydrogens is 305 g/mol. The fraction of sp³-hybridized carbons (Fsp3) is 0.941. The van der Waals surface area contributed by atoms with Crippen LogP contribution in [0.15, 0.2) is 0 Å². The normalized spacial score (nSPS) is 16.1. The van der Waals surface area contributed by atoms with Crippen LogP contribution in [-0.4, -0.2) is 24.2 Å². The Balaban J connectivity index is 4.87. The van der Waals surface area contributed by atoms with E-state index in [-0.39, 0.29) is 12.3 Å². The average Bonchev–Trinajstić information content (AvgIpc) is 2.46. The molecular formula is C17H33F3N2O. The van der Waals surface area contributed by atoms with E-state index >= 15 is 0 Å². The predicted octanol–water partition coefficient (Wildman–Crippen LogP) is 4.55. The van der Waals surface area contributed by atoms with Gasteiger partial charge in [0, 0.05) is 0 Å². The minimum atomic E-state index is -4.35. The Morgan fingerprint density at radius 1 is 1.04 bits per heavy atom. The molecule has 0 spiro atoms. The lowest BCUT2D eigenvalue weighted by Crippen LogP contribution is -2.58. The van der Waals surface area contributed by atoms with E-state index in [1.807, 2.05) is 0 Å². The van der Waals surface area contributed by atoms with Crippen LogP contribution < -0.4 is 11.1 Å². The van der Waals surface area contributed by atoms with Crippen LogP contribution in [0.2, 0.25) is 0 Å². The molecule has 0 saturated carbocycles. The topological polar surface area (TPSA) is 55.1 Å². The van der Waals surface area contributed by atoms with E-state index in [2.05, 4.69) is 19.2 Å². The van der Waals surface area contributed by atoms with E-state index in [0.29, 0.717) is 6.42 Å². The summed E-state index contributed by atoms with van der Waals surface area (Å²) in [4.78, 5) is 11.9. The predicted molar refractivity (Wildman–Crippen MR) is 88.0 cm³/mol. The number of amides is 1. The molecule has 0 radical (unpaired) electrons. The molecule has 0 fully saturated rings. The van der Waals surface area contributed by atoms with Crippen molar-refractivity contribution in [2.75, 3.05) is 6.54 Å². The smallest absolute Gasteiger partial charge is 0.368 e. The van der Waals surface area contributed by atoms with Gasteiger partial charge in [0.2, 0.25) is 5.91 Å². The second kappa shape index (κ2) is 10.9. The highest BCUT2D eigenvalue weighted by molar-refractivity contribution is 5.84. The standard InChI is InChI=1S/C17H33F3N2O/c1-4-7-8-9-11-14(10-5-2)12-16(6-3,15(21)23)22-13-17(18,19)20/h14,22H,4-13H2,1-3H3,(H2,21,23). The molecule has 23 heavy (non-hydrogen) atoms. The van der Waals surface area contributed by atoms with Crippen molar-refractivity contribution in [1.82, 2.24) is 5.32 Å². The summed E-state index contributed by atoms with van der Waals surface area (Å²) in [5, 5.41) is 2.41. The number of rotatable bonds is 13. The van der Waals surface area contributed by atoms with Crippen LogP contribution in [0.25, 0.3) is 0 Å². The maximum Gasteiger partial charge on any atom is 0.401 e. The number of nitrogens with two attached hydrogens (primary N) is 1. The van der Waals surface area contributed by atoms with Crippen molar-refractivity contribution in [3.63, 3.8) is 0 Å². The zero-order valence-electron chi connectivity index (χ0n) is 14.8. The summed E-state index contributed by atoms with van der Waals surface area (Å²) in [6.45, 7) is 4.73. The lowest BCUT2D eigenvalue weighted by molar-refractivity contribution is -0.137. The number of carbonyl (C=O) groups excluding carboxylic acids is 1. The molecule has 0 aromatic heterocycles. The van der Waals surface area contributed by atoms with E-state index in [0.717, 1.165) is 38.5 Å². The van der Waals surface area contributed by atoms with Gasteiger partial charge in [-0.1, -0.05) is 65.7 Å². The second-order valence-corrected chi connectivity index (χ2v) is 6.48. The number of nitrogens with one attached hydrogen (secondary N) is 1. The van der Waals surface area contributed by atoms with Crippen molar-refractivity contribution in [2.45, 2.75) is 90.3 Å². The first-order valence-corrected chi connectivity index (χ1v) is 8.82. The molecule has 0 aromatic rings. The minimum Gasteiger partial charge on any atom is -0.368 e. The molecule has 2 unspecified atom stereocenters. The molecule has 138 valence electrons. The Labute approximate surface area is 138 Å². The molecule has 0 rings (SSSR count). The summed E-state index contributed by atoms with van der Waals surface area (Å²) in [6.07, 6.45) is 3.60. The van der Waals surface area contributed by atoms with Gasteiger partial charge in [-0.2, -0.15) is 13.2 Å². The fourth-order valence-electron chi connectivity index (χ4n) is 3.08. The zero-order valence-corrected chi connectivity index (χ0v) is 14.8. The third kappa shape index (κ3) is 9.18. The largest absolute Gasteiger partial charge is 0.401 e. The number of hydrogen-bond donors (Lipinski definition) is 2. The third-order valence-electron chi connectivity index (χ3n) is 4.50. The van der Waals surface area contributed by atoms with Crippen LogP contribution in [-0.2, 0) is 4.79 Å². The van der Waals surface area contributed by atoms with Gasteiger partial charge < -0.3 is 5.73 Å².